The van der Waals surface area contributed by atoms with E-state index in [4.69, 9.17) is 10.8 Å². The van der Waals surface area contributed by atoms with Crippen LogP contribution in [0.1, 0.15) is 46.5 Å². The number of hydrogen-bond acceptors (Lipinski definition) is 2. The average Bonchev–Trinajstić information content (AvgIpc) is 2.15. The van der Waals surface area contributed by atoms with Crippen LogP contribution in [0.3, 0.4) is 0 Å². The Bertz CT molecular complexity index is 166. The maximum atomic E-state index is 8.99. The lowest BCUT2D eigenvalue weighted by Crippen LogP contribution is -2.37. The fraction of sp³-hybridized carbons (Fsp3) is 1.00. The summed E-state index contributed by atoms with van der Waals surface area (Å²) in [5, 5.41) is 8.99. The fourth-order valence-electron chi connectivity index (χ4n) is 2.56. The highest BCUT2D eigenvalue weighted by Gasteiger charge is 2.31. The van der Waals surface area contributed by atoms with Crippen molar-refractivity contribution in [3.63, 3.8) is 0 Å². The van der Waals surface area contributed by atoms with E-state index < -0.39 is 0 Å². The van der Waals surface area contributed by atoms with E-state index in [1.165, 1.54) is 25.7 Å². The van der Waals surface area contributed by atoms with Gasteiger partial charge in [-0.15, -0.1) is 0 Å². The van der Waals surface area contributed by atoms with Gasteiger partial charge in [0.05, 0.1) is 6.61 Å². The number of hydrogen-bond donors (Lipinski definition) is 2. The molecule has 0 aromatic heterocycles. The van der Waals surface area contributed by atoms with Crippen molar-refractivity contribution in [3.8, 4) is 0 Å². The van der Waals surface area contributed by atoms with Gasteiger partial charge in [0.25, 0.3) is 0 Å². The quantitative estimate of drug-likeness (QED) is 0.716. The Labute approximate surface area is 87.9 Å². The molecular weight excluding hydrogens is 174 g/mol. The van der Waals surface area contributed by atoms with Crippen molar-refractivity contribution in [1.29, 1.82) is 0 Å². The predicted molar refractivity (Wildman–Crippen MR) is 60.0 cm³/mol. The molecule has 3 N–H and O–H groups in total. The van der Waals surface area contributed by atoms with E-state index in [0.717, 1.165) is 5.92 Å². The van der Waals surface area contributed by atoms with E-state index in [2.05, 4.69) is 20.8 Å². The van der Waals surface area contributed by atoms with Crippen molar-refractivity contribution >= 4 is 0 Å². The van der Waals surface area contributed by atoms with E-state index in [1.54, 1.807) is 0 Å². The van der Waals surface area contributed by atoms with Gasteiger partial charge in [-0.1, -0.05) is 20.8 Å². The summed E-state index contributed by atoms with van der Waals surface area (Å²) >= 11 is 0. The molecule has 0 radical (unpaired) electrons. The maximum Gasteiger partial charge on any atom is 0.0585 e. The molecule has 0 amide bonds. The summed E-state index contributed by atoms with van der Waals surface area (Å²) in [4.78, 5) is 0. The molecule has 1 aliphatic carbocycles. The Morgan fingerprint density at radius 2 is 1.71 bits per heavy atom. The van der Waals surface area contributed by atoms with Crippen molar-refractivity contribution in [2.24, 2.45) is 23.0 Å². The third kappa shape index (κ3) is 2.96. The molecule has 0 aromatic rings. The van der Waals surface area contributed by atoms with Crippen molar-refractivity contribution in [1.82, 2.24) is 0 Å². The molecule has 2 nitrogen and oxygen atoms in total. The monoisotopic (exact) mass is 199 g/mol. The normalized spacial score (nSPS) is 31.5. The first-order chi connectivity index (χ1) is 6.45. The Morgan fingerprint density at radius 1 is 1.21 bits per heavy atom. The summed E-state index contributed by atoms with van der Waals surface area (Å²) in [5.41, 5.74) is 6.29. The smallest absolute Gasteiger partial charge is 0.0585 e. The molecule has 1 unspecified atom stereocenters. The lowest BCUT2D eigenvalue weighted by Gasteiger charge is -2.38. The highest BCUT2D eigenvalue weighted by Crippen LogP contribution is 2.40. The molecule has 84 valence electrons. The van der Waals surface area contributed by atoms with Gasteiger partial charge >= 0.3 is 0 Å². The van der Waals surface area contributed by atoms with Gasteiger partial charge in [0.15, 0.2) is 0 Å². The molecule has 1 atom stereocenters. The fourth-order valence-corrected chi connectivity index (χ4v) is 2.56. The van der Waals surface area contributed by atoms with E-state index in [0.29, 0.717) is 11.3 Å². The average molecular weight is 199 g/mol. The summed E-state index contributed by atoms with van der Waals surface area (Å²) in [6.07, 6.45) is 4.96. The van der Waals surface area contributed by atoms with Gasteiger partial charge in [-0.25, -0.2) is 0 Å². The topological polar surface area (TPSA) is 46.2 Å². The molecule has 14 heavy (non-hydrogen) atoms. The molecule has 0 saturated heterocycles. The van der Waals surface area contributed by atoms with Gasteiger partial charge in [0.1, 0.15) is 0 Å². The highest BCUT2D eigenvalue weighted by atomic mass is 16.3. The van der Waals surface area contributed by atoms with Crippen LogP contribution in [-0.2, 0) is 0 Å². The molecule has 1 saturated carbocycles. The summed E-state index contributed by atoms with van der Waals surface area (Å²) in [7, 11) is 0. The maximum absolute atomic E-state index is 8.99. The second kappa shape index (κ2) is 4.63. The highest BCUT2D eigenvalue weighted by molar-refractivity contribution is 4.84. The third-order valence-corrected chi connectivity index (χ3v) is 3.81. The van der Waals surface area contributed by atoms with Crippen LogP contribution in [0.5, 0.6) is 0 Å². The zero-order chi connectivity index (χ0) is 10.8. The number of aliphatic hydroxyl groups excluding tert-OH is 1. The van der Waals surface area contributed by atoms with Gasteiger partial charge in [0.2, 0.25) is 0 Å². The van der Waals surface area contributed by atoms with Crippen LogP contribution in [0.2, 0.25) is 0 Å². The Hall–Kier alpha value is -0.0800. The van der Waals surface area contributed by atoms with Gasteiger partial charge in [0, 0.05) is 6.04 Å². The number of aliphatic hydroxyl groups is 1. The van der Waals surface area contributed by atoms with Crippen LogP contribution in [0, 0.1) is 17.3 Å². The zero-order valence-electron chi connectivity index (χ0n) is 9.79. The van der Waals surface area contributed by atoms with Crippen LogP contribution < -0.4 is 5.73 Å². The van der Waals surface area contributed by atoms with Gasteiger partial charge in [-0.05, 0) is 42.9 Å². The Balaban J connectivity index is 2.39. The molecule has 0 spiro atoms. The first-order valence-corrected chi connectivity index (χ1v) is 5.81. The van der Waals surface area contributed by atoms with E-state index in [1.807, 2.05) is 0 Å². The van der Waals surface area contributed by atoms with Crippen molar-refractivity contribution in [2.45, 2.75) is 52.5 Å². The minimum atomic E-state index is 0.0101. The van der Waals surface area contributed by atoms with Crippen LogP contribution in [0.15, 0.2) is 0 Å². The van der Waals surface area contributed by atoms with E-state index in [-0.39, 0.29) is 12.6 Å². The predicted octanol–water partition coefficient (Wildman–Crippen LogP) is 2.16. The van der Waals surface area contributed by atoms with Gasteiger partial charge in [-0.2, -0.15) is 0 Å². The number of nitrogens with two attached hydrogens (primary N) is 1. The van der Waals surface area contributed by atoms with Crippen LogP contribution in [0.4, 0.5) is 0 Å². The molecule has 1 rings (SSSR count). The van der Waals surface area contributed by atoms with E-state index in [9.17, 15) is 0 Å². The molecule has 0 aliphatic heterocycles. The first kappa shape index (κ1) is 12.0. The SMILES string of the molecule is CC(C)(C)C1CCC(C(N)CO)CC1. The van der Waals surface area contributed by atoms with Crippen LogP contribution in [0.25, 0.3) is 0 Å². The second-order valence-corrected chi connectivity index (χ2v) is 5.82. The standard InChI is InChI=1S/C12H25NO/c1-12(2,3)10-6-4-9(5-7-10)11(13)8-14/h9-11,14H,4-8,13H2,1-3H3. The summed E-state index contributed by atoms with van der Waals surface area (Å²) < 4.78 is 0. The van der Waals surface area contributed by atoms with Gasteiger partial charge in [-0.3, -0.25) is 0 Å². The summed E-state index contributed by atoms with van der Waals surface area (Å²) in [5.74, 6) is 1.39. The molecule has 1 aliphatic rings. The van der Waals surface area contributed by atoms with Crippen molar-refractivity contribution < 1.29 is 5.11 Å². The minimum Gasteiger partial charge on any atom is -0.395 e. The minimum absolute atomic E-state index is 0.0101. The van der Waals surface area contributed by atoms with Crippen molar-refractivity contribution in [3.05, 3.63) is 0 Å². The van der Waals surface area contributed by atoms with Crippen molar-refractivity contribution in [2.75, 3.05) is 6.61 Å². The molecule has 2 heteroatoms. The van der Waals surface area contributed by atoms with Crippen LogP contribution in [-0.4, -0.2) is 17.8 Å². The zero-order valence-corrected chi connectivity index (χ0v) is 9.79. The first-order valence-electron chi connectivity index (χ1n) is 5.81. The van der Waals surface area contributed by atoms with Gasteiger partial charge < -0.3 is 10.8 Å². The Kier molecular flexibility index (Phi) is 3.96. The number of rotatable bonds is 2. The molecule has 1 fully saturated rings. The molecule has 0 aromatic carbocycles. The Morgan fingerprint density at radius 3 is 2.07 bits per heavy atom. The second-order valence-electron chi connectivity index (χ2n) is 5.82. The largest absolute Gasteiger partial charge is 0.395 e. The third-order valence-electron chi connectivity index (χ3n) is 3.81. The summed E-state index contributed by atoms with van der Waals surface area (Å²) in [6, 6.07) is 0.0101. The lowest BCUT2D eigenvalue weighted by molar-refractivity contribution is 0.122. The lowest BCUT2D eigenvalue weighted by atomic mass is 9.69. The molecular formula is C12H25NO. The van der Waals surface area contributed by atoms with E-state index >= 15 is 0 Å². The van der Waals surface area contributed by atoms with Crippen LogP contribution >= 0.6 is 0 Å². The summed E-state index contributed by atoms with van der Waals surface area (Å²) in [6.45, 7) is 7.11. The molecule has 0 heterocycles. The molecule has 0 bridgehead atoms.